The molecule has 3 N–H and O–H groups in total. The lowest BCUT2D eigenvalue weighted by atomic mass is 10.0. The van der Waals surface area contributed by atoms with Gasteiger partial charge in [-0.1, -0.05) is 262 Å². The molecule has 0 saturated heterocycles. The smallest absolute Gasteiger partial charge is 0.305 e. The molecule has 2 unspecified atom stereocenters. The lowest BCUT2D eigenvalue weighted by Crippen LogP contribution is -2.45. The Morgan fingerprint density at radius 1 is 0.424 bits per heavy atom. The third-order valence-corrected chi connectivity index (χ3v) is 13.4. The predicted octanol–water partition coefficient (Wildman–Crippen LogP) is 18.0. The molecule has 0 bridgehead atoms. The van der Waals surface area contributed by atoms with E-state index in [0.717, 1.165) is 83.5 Å². The minimum Gasteiger partial charge on any atom is -0.466 e. The zero-order valence-corrected chi connectivity index (χ0v) is 44.2. The van der Waals surface area contributed by atoms with Crippen LogP contribution in [0, 0.1) is 0 Å². The van der Waals surface area contributed by atoms with E-state index in [1.54, 1.807) is 6.08 Å². The predicted molar refractivity (Wildman–Crippen MR) is 287 cm³/mol. The van der Waals surface area contributed by atoms with E-state index in [1.807, 2.05) is 6.08 Å². The van der Waals surface area contributed by atoms with Crippen LogP contribution in [0.1, 0.15) is 309 Å². The van der Waals surface area contributed by atoms with E-state index in [0.29, 0.717) is 19.4 Å². The summed E-state index contributed by atoms with van der Waals surface area (Å²) in [7, 11) is 0. The Kier molecular flexibility index (Phi) is 54.1. The lowest BCUT2D eigenvalue weighted by Gasteiger charge is -2.20. The summed E-state index contributed by atoms with van der Waals surface area (Å²) in [4.78, 5) is 24.5. The third kappa shape index (κ3) is 51.5. The molecule has 2 atom stereocenters. The number of unbranched alkanes of at least 4 members (excludes halogenated alkanes) is 39. The minimum absolute atomic E-state index is 0.0142. The third-order valence-electron chi connectivity index (χ3n) is 13.4. The van der Waals surface area contributed by atoms with Gasteiger partial charge in [-0.15, -0.1) is 0 Å². The summed E-state index contributed by atoms with van der Waals surface area (Å²) in [5.41, 5.74) is 0. The Morgan fingerprint density at radius 3 is 1.15 bits per heavy atom. The number of carbonyl (C=O) groups is 2. The van der Waals surface area contributed by atoms with Crippen molar-refractivity contribution in [2.45, 2.75) is 321 Å². The summed E-state index contributed by atoms with van der Waals surface area (Å²) in [5.74, 6) is -0.0968. The molecule has 0 aliphatic carbocycles. The molecule has 0 aromatic carbocycles. The van der Waals surface area contributed by atoms with Crippen molar-refractivity contribution in [3.05, 3.63) is 36.5 Å². The second-order valence-corrected chi connectivity index (χ2v) is 20.0. The van der Waals surface area contributed by atoms with Gasteiger partial charge in [0.25, 0.3) is 0 Å². The fraction of sp³-hybridized carbons (Fsp3) is 0.867. The van der Waals surface area contributed by atoms with Gasteiger partial charge in [-0.05, 0) is 70.6 Å². The van der Waals surface area contributed by atoms with E-state index in [1.165, 1.54) is 199 Å². The minimum atomic E-state index is -0.855. The number of aliphatic hydroxyl groups is 2. The second-order valence-electron chi connectivity index (χ2n) is 20.0. The normalized spacial score (nSPS) is 12.8. The number of rotatable bonds is 54. The zero-order valence-electron chi connectivity index (χ0n) is 44.2. The number of carbonyl (C=O) groups excluding carboxylic acids is 2. The molecule has 0 heterocycles. The number of nitrogens with one attached hydrogen (secondary N) is 1. The summed E-state index contributed by atoms with van der Waals surface area (Å²) in [6.07, 6.45) is 68.8. The summed E-state index contributed by atoms with van der Waals surface area (Å²) in [6.45, 7) is 4.87. The van der Waals surface area contributed by atoms with Crippen LogP contribution in [0.15, 0.2) is 36.5 Å². The van der Waals surface area contributed by atoms with Crippen LogP contribution in [0.25, 0.3) is 0 Å². The number of allylic oxidation sites excluding steroid dienone is 5. The standard InChI is InChI=1S/C60H113NO5/c1-3-5-7-9-11-13-15-17-19-20-22-25-28-32-36-40-44-48-52-58(63)57(56-62)61-59(64)53-49-45-41-37-33-29-26-23-21-24-27-31-35-39-43-47-51-55-66-60(65)54-50-46-42-38-34-30-18-16-14-12-10-8-6-4-2/h21,24,31,35,48,52,57-58,62-63H,3-20,22-23,25-30,32-34,36-47,49-51,53-56H2,1-2H3,(H,61,64)/b24-21-,35-31-,52-48+. The van der Waals surface area contributed by atoms with Crippen molar-refractivity contribution in [3.63, 3.8) is 0 Å². The second kappa shape index (κ2) is 55.7. The molecular weight excluding hydrogens is 815 g/mol. The first-order chi connectivity index (χ1) is 32.5. The first kappa shape index (κ1) is 64.1. The average molecular weight is 929 g/mol. The van der Waals surface area contributed by atoms with Crippen molar-refractivity contribution in [3.8, 4) is 0 Å². The fourth-order valence-corrected chi connectivity index (χ4v) is 8.90. The van der Waals surface area contributed by atoms with Gasteiger partial charge in [-0.25, -0.2) is 0 Å². The maximum Gasteiger partial charge on any atom is 0.305 e. The number of esters is 1. The molecule has 0 fully saturated rings. The van der Waals surface area contributed by atoms with Gasteiger partial charge < -0.3 is 20.3 Å². The van der Waals surface area contributed by atoms with Crippen molar-refractivity contribution < 1.29 is 24.5 Å². The van der Waals surface area contributed by atoms with Crippen LogP contribution in [0.5, 0.6) is 0 Å². The molecule has 0 aliphatic rings. The largest absolute Gasteiger partial charge is 0.466 e. The molecule has 66 heavy (non-hydrogen) atoms. The van der Waals surface area contributed by atoms with E-state index in [9.17, 15) is 19.8 Å². The van der Waals surface area contributed by atoms with Gasteiger partial charge >= 0.3 is 5.97 Å². The van der Waals surface area contributed by atoms with Crippen LogP contribution < -0.4 is 5.32 Å². The zero-order chi connectivity index (χ0) is 47.9. The topological polar surface area (TPSA) is 95.9 Å². The van der Waals surface area contributed by atoms with Gasteiger partial charge in [-0.3, -0.25) is 9.59 Å². The van der Waals surface area contributed by atoms with Crippen molar-refractivity contribution >= 4 is 11.9 Å². The first-order valence-corrected chi connectivity index (χ1v) is 29.3. The van der Waals surface area contributed by atoms with Gasteiger partial charge in [-0.2, -0.15) is 0 Å². The highest BCUT2D eigenvalue weighted by atomic mass is 16.5. The quantitative estimate of drug-likeness (QED) is 0.0321. The van der Waals surface area contributed by atoms with Gasteiger partial charge in [0.2, 0.25) is 5.91 Å². The van der Waals surface area contributed by atoms with Crippen LogP contribution in [0.2, 0.25) is 0 Å². The van der Waals surface area contributed by atoms with Gasteiger partial charge in [0.15, 0.2) is 0 Å². The Hall–Kier alpha value is -1.92. The Morgan fingerprint density at radius 2 is 0.758 bits per heavy atom. The molecule has 388 valence electrons. The van der Waals surface area contributed by atoms with Crippen LogP contribution in [0.3, 0.4) is 0 Å². The van der Waals surface area contributed by atoms with E-state index >= 15 is 0 Å². The van der Waals surface area contributed by atoms with Crippen LogP contribution >= 0.6 is 0 Å². The Balaban J connectivity index is 3.53. The summed E-state index contributed by atoms with van der Waals surface area (Å²) >= 11 is 0. The average Bonchev–Trinajstić information content (AvgIpc) is 3.32. The Labute approximate surface area is 411 Å². The maximum absolute atomic E-state index is 12.5. The van der Waals surface area contributed by atoms with Crippen molar-refractivity contribution in [1.82, 2.24) is 5.32 Å². The molecule has 0 rings (SSSR count). The molecule has 0 radical (unpaired) electrons. The molecular formula is C60H113NO5. The fourth-order valence-electron chi connectivity index (χ4n) is 8.90. The van der Waals surface area contributed by atoms with Gasteiger partial charge in [0.1, 0.15) is 0 Å². The molecule has 0 saturated carbocycles. The number of hydrogen-bond donors (Lipinski definition) is 3. The van der Waals surface area contributed by atoms with Crippen molar-refractivity contribution in [2.75, 3.05) is 13.2 Å². The number of hydrogen-bond acceptors (Lipinski definition) is 5. The van der Waals surface area contributed by atoms with Gasteiger partial charge in [0, 0.05) is 12.8 Å². The van der Waals surface area contributed by atoms with Crippen molar-refractivity contribution in [1.29, 1.82) is 0 Å². The van der Waals surface area contributed by atoms with E-state index < -0.39 is 12.1 Å². The van der Waals surface area contributed by atoms with Crippen molar-refractivity contribution in [2.24, 2.45) is 0 Å². The molecule has 1 amide bonds. The number of aliphatic hydroxyl groups excluding tert-OH is 2. The summed E-state index contributed by atoms with van der Waals surface area (Å²) < 4.78 is 5.45. The molecule has 6 heteroatoms. The van der Waals surface area contributed by atoms with Crippen LogP contribution in [0.4, 0.5) is 0 Å². The molecule has 0 aromatic heterocycles. The molecule has 6 nitrogen and oxygen atoms in total. The van der Waals surface area contributed by atoms with E-state index in [4.69, 9.17) is 4.74 Å². The molecule has 0 spiro atoms. The highest BCUT2D eigenvalue weighted by Gasteiger charge is 2.18. The summed E-state index contributed by atoms with van der Waals surface area (Å²) in [6, 6.07) is -0.640. The molecule has 0 aromatic rings. The number of ether oxygens (including phenoxy) is 1. The number of amides is 1. The first-order valence-electron chi connectivity index (χ1n) is 29.3. The van der Waals surface area contributed by atoms with Crippen LogP contribution in [-0.2, 0) is 14.3 Å². The summed E-state index contributed by atoms with van der Waals surface area (Å²) in [5, 5.41) is 23.1. The van der Waals surface area contributed by atoms with Gasteiger partial charge in [0.05, 0.1) is 25.4 Å². The highest BCUT2D eigenvalue weighted by Crippen LogP contribution is 2.17. The monoisotopic (exact) mass is 928 g/mol. The maximum atomic E-state index is 12.5. The lowest BCUT2D eigenvalue weighted by molar-refractivity contribution is -0.143. The highest BCUT2D eigenvalue weighted by molar-refractivity contribution is 5.76. The SMILES string of the molecule is CCCCCCCCCCCCCCCCCC/C=C/C(O)C(CO)NC(=O)CCCCCCCCC/C=C\C/C=C\CCCCCOC(=O)CCCCCCCCCCCCCCCC. The molecule has 0 aliphatic heterocycles. The van der Waals surface area contributed by atoms with E-state index in [-0.39, 0.29) is 18.5 Å². The van der Waals surface area contributed by atoms with Crippen LogP contribution in [-0.4, -0.2) is 47.4 Å². The Bertz CT molecular complexity index is 1070. The van der Waals surface area contributed by atoms with E-state index in [2.05, 4.69) is 43.5 Å².